The zero-order valence-corrected chi connectivity index (χ0v) is 11.3. The number of aryl methyl sites for hydroxylation is 1. The lowest BCUT2D eigenvalue weighted by atomic mass is 10.1. The van der Waals surface area contributed by atoms with E-state index in [1.807, 2.05) is 37.5 Å². The van der Waals surface area contributed by atoms with Gasteiger partial charge >= 0.3 is 0 Å². The highest BCUT2D eigenvalue weighted by Crippen LogP contribution is 2.22. The molecule has 0 aliphatic carbocycles. The van der Waals surface area contributed by atoms with E-state index in [1.54, 1.807) is 15.4 Å². The molecule has 0 saturated heterocycles. The van der Waals surface area contributed by atoms with Gasteiger partial charge in [-0.1, -0.05) is 6.07 Å². The van der Waals surface area contributed by atoms with Gasteiger partial charge in [0.25, 0.3) is 0 Å². The van der Waals surface area contributed by atoms with Crippen molar-refractivity contribution in [3.8, 4) is 11.3 Å². The Balaban J connectivity index is 1.92. The predicted molar refractivity (Wildman–Crippen MR) is 79.0 cm³/mol. The van der Waals surface area contributed by atoms with E-state index in [9.17, 15) is 4.79 Å². The fraction of sp³-hybridized carbons (Fsp3) is 0.0667. The van der Waals surface area contributed by atoms with Crippen LogP contribution >= 0.6 is 0 Å². The van der Waals surface area contributed by atoms with Gasteiger partial charge in [0.15, 0.2) is 5.65 Å². The second-order valence-corrected chi connectivity index (χ2v) is 4.88. The minimum atomic E-state index is -0.151. The Labute approximate surface area is 119 Å². The van der Waals surface area contributed by atoms with Crippen molar-refractivity contribution in [3.05, 3.63) is 59.1 Å². The van der Waals surface area contributed by atoms with Crippen LogP contribution in [0.5, 0.6) is 0 Å². The van der Waals surface area contributed by atoms with Crippen molar-refractivity contribution in [1.29, 1.82) is 0 Å². The third-order valence-electron chi connectivity index (χ3n) is 3.34. The highest BCUT2D eigenvalue weighted by atomic mass is 16.1. The molecule has 4 aromatic rings. The molecule has 0 saturated carbocycles. The van der Waals surface area contributed by atoms with E-state index in [4.69, 9.17) is 0 Å². The average molecular weight is 277 g/mol. The molecule has 4 rings (SSSR count). The molecule has 0 N–H and O–H groups in total. The third kappa shape index (κ3) is 1.97. The second-order valence-electron chi connectivity index (χ2n) is 4.88. The highest BCUT2D eigenvalue weighted by molar-refractivity contribution is 5.83. The van der Waals surface area contributed by atoms with Crippen molar-refractivity contribution in [3.63, 3.8) is 0 Å². The van der Waals surface area contributed by atoms with E-state index in [0.717, 1.165) is 22.2 Å². The summed E-state index contributed by atoms with van der Waals surface area (Å²) in [6.45, 7) is 0. The van der Waals surface area contributed by atoms with Crippen LogP contribution in [0.2, 0.25) is 0 Å². The van der Waals surface area contributed by atoms with Crippen LogP contribution < -0.4 is 5.43 Å². The average Bonchev–Trinajstić information content (AvgIpc) is 2.85. The van der Waals surface area contributed by atoms with Crippen LogP contribution in [0, 0.1) is 0 Å². The molecular formula is C15H11N5O. The molecule has 3 aromatic heterocycles. The first-order valence-electron chi connectivity index (χ1n) is 6.49. The molecule has 0 aliphatic rings. The summed E-state index contributed by atoms with van der Waals surface area (Å²) in [5.41, 5.74) is 3.11. The third-order valence-corrected chi connectivity index (χ3v) is 3.34. The molecule has 0 radical (unpaired) electrons. The van der Waals surface area contributed by atoms with Crippen molar-refractivity contribution in [2.75, 3.05) is 0 Å². The molecule has 102 valence electrons. The summed E-state index contributed by atoms with van der Waals surface area (Å²) in [5, 5.41) is 9.40. The molecule has 0 unspecified atom stereocenters. The van der Waals surface area contributed by atoms with E-state index in [2.05, 4.69) is 15.2 Å². The van der Waals surface area contributed by atoms with Gasteiger partial charge in [-0.2, -0.15) is 10.2 Å². The van der Waals surface area contributed by atoms with Crippen LogP contribution in [0.3, 0.4) is 0 Å². The van der Waals surface area contributed by atoms with Gasteiger partial charge in [0.2, 0.25) is 5.43 Å². The number of hydrogen-bond acceptors (Lipinski definition) is 4. The Morgan fingerprint density at radius 2 is 2.05 bits per heavy atom. The molecule has 6 nitrogen and oxygen atoms in total. The molecule has 0 aliphatic heterocycles. The molecule has 1 aromatic carbocycles. The van der Waals surface area contributed by atoms with E-state index in [1.165, 1.54) is 12.3 Å². The smallest absolute Gasteiger partial charge is 0.202 e. The molecule has 0 amide bonds. The zero-order chi connectivity index (χ0) is 14.4. The zero-order valence-electron chi connectivity index (χ0n) is 11.3. The van der Waals surface area contributed by atoms with Gasteiger partial charge in [0.05, 0.1) is 17.4 Å². The molecule has 3 heterocycles. The first-order chi connectivity index (χ1) is 10.2. The second kappa shape index (κ2) is 4.24. The Bertz CT molecular complexity index is 1030. The number of benzene rings is 1. The summed E-state index contributed by atoms with van der Waals surface area (Å²) in [6.07, 6.45) is 5.03. The molecule has 0 fully saturated rings. The number of aromatic nitrogens is 5. The first kappa shape index (κ1) is 11.8. The number of rotatable bonds is 1. The molecule has 0 bridgehead atoms. The van der Waals surface area contributed by atoms with Crippen molar-refractivity contribution in [2.45, 2.75) is 0 Å². The van der Waals surface area contributed by atoms with E-state index in [0.29, 0.717) is 5.65 Å². The Morgan fingerprint density at radius 1 is 1.14 bits per heavy atom. The number of hydrogen-bond donors (Lipinski definition) is 0. The summed E-state index contributed by atoms with van der Waals surface area (Å²) >= 11 is 0. The lowest BCUT2D eigenvalue weighted by molar-refractivity contribution is 0.780. The largest absolute Gasteiger partial charge is 0.288 e. The van der Waals surface area contributed by atoms with Crippen LogP contribution in [-0.2, 0) is 7.05 Å². The first-order valence-corrected chi connectivity index (χ1v) is 6.49. The fourth-order valence-electron chi connectivity index (χ4n) is 2.38. The minimum Gasteiger partial charge on any atom is -0.288 e. The summed E-state index contributed by atoms with van der Waals surface area (Å²) in [4.78, 5) is 15.9. The Hall–Kier alpha value is -3.02. The summed E-state index contributed by atoms with van der Waals surface area (Å²) < 4.78 is 3.36. The quantitative estimate of drug-likeness (QED) is 0.530. The monoisotopic (exact) mass is 277 g/mol. The van der Waals surface area contributed by atoms with Crippen molar-refractivity contribution >= 4 is 16.6 Å². The van der Waals surface area contributed by atoms with Gasteiger partial charge in [-0.3, -0.25) is 9.48 Å². The molecule has 0 spiro atoms. The van der Waals surface area contributed by atoms with E-state index >= 15 is 0 Å². The summed E-state index contributed by atoms with van der Waals surface area (Å²) in [7, 11) is 1.89. The van der Waals surface area contributed by atoms with Crippen molar-refractivity contribution < 1.29 is 0 Å². The van der Waals surface area contributed by atoms with Gasteiger partial charge in [0, 0.05) is 36.5 Å². The van der Waals surface area contributed by atoms with Gasteiger partial charge in [0.1, 0.15) is 0 Å². The van der Waals surface area contributed by atoms with Crippen LogP contribution in [0.4, 0.5) is 0 Å². The van der Waals surface area contributed by atoms with Crippen LogP contribution in [0.15, 0.2) is 53.7 Å². The Morgan fingerprint density at radius 3 is 2.95 bits per heavy atom. The minimum absolute atomic E-state index is 0.151. The topological polar surface area (TPSA) is 65.1 Å². The van der Waals surface area contributed by atoms with Gasteiger partial charge in [-0.15, -0.1) is 0 Å². The fourth-order valence-corrected chi connectivity index (χ4v) is 2.38. The molecule has 6 heteroatoms. The molecule has 21 heavy (non-hydrogen) atoms. The Kier molecular flexibility index (Phi) is 2.38. The predicted octanol–water partition coefficient (Wildman–Crippen LogP) is 1.64. The van der Waals surface area contributed by atoms with E-state index in [-0.39, 0.29) is 5.43 Å². The molecule has 0 atom stereocenters. The van der Waals surface area contributed by atoms with Gasteiger partial charge in [-0.25, -0.2) is 9.50 Å². The normalized spacial score (nSPS) is 11.3. The van der Waals surface area contributed by atoms with Gasteiger partial charge in [-0.05, 0) is 18.2 Å². The maximum Gasteiger partial charge on any atom is 0.202 e. The SMILES string of the molecule is Cn1cc2cc(-c3ccn4ncc(=O)cc4n3)ccc2n1. The summed E-state index contributed by atoms with van der Waals surface area (Å²) in [5.74, 6) is 0. The van der Waals surface area contributed by atoms with Crippen molar-refractivity contribution in [1.82, 2.24) is 24.4 Å². The summed E-state index contributed by atoms with van der Waals surface area (Å²) in [6, 6.07) is 9.32. The lowest BCUT2D eigenvalue weighted by Gasteiger charge is -2.03. The van der Waals surface area contributed by atoms with Crippen LogP contribution in [-0.4, -0.2) is 24.4 Å². The number of fused-ring (bicyclic) bond motifs is 2. The lowest BCUT2D eigenvalue weighted by Crippen LogP contribution is -2.06. The maximum absolute atomic E-state index is 11.4. The number of nitrogens with zero attached hydrogens (tertiary/aromatic N) is 5. The van der Waals surface area contributed by atoms with E-state index < -0.39 is 0 Å². The maximum atomic E-state index is 11.4. The highest BCUT2D eigenvalue weighted by Gasteiger charge is 2.05. The molecular weight excluding hydrogens is 266 g/mol. The van der Waals surface area contributed by atoms with Crippen LogP contribution in [0.1, 0.15) is 0 Å². The van der Waals surface area contributed by atoms with Crippen molar-refractivity contribution in [2.24, 2.45) is 7.05 Å². The standard InChI is InChI=1S/C15H11N5O/c1-19-9-11-6-10(2-3-14(11)18-19)13-4-5-20-15(17-13)7-12(21)8-16-20/h2-9H,1H3. The van der Waals surface area contributed by atoms with Gasteiger partial charge < -0.3 is 0 Å². The van der Waals surface area contributed by atoms with Crippen LogP contribution in [0.25, 0.3) is 27.8 Å².